The van der Waals surface area contributed by atoms with E-state index in [1.54, 1.807) is 12.2 Å². The zero-order chi connectivity index (χ0) is 23.0. The lowest BCUT2D eigenvalue weighted by Gasteiger charge is -2.24. The second kappa shape index (κ2) is 8.23. The first-order chi connectivity index (χ1) is 15.2. The van der Waals surface area contributed by atoms with Crippen molar-refractivity contribution < 1.29 is 31.5 Å². The predicted molar refractivity (Wildman–Crippen MR) is 109 cm³/mol. The molecule has 2 aromatic carbocycles. The van der Waals surface area contributed by atoms with Crippen LogP contribution in [0.15, 0.2) is 54.6 Å². The predicted octanol–water partition coefficient (Wildman–Crippen LogP) is 6.27. The van der Waals surface area contributed by atoms with Crippen LogP contribution in [0.25, 0.3) is 17.3 Å². The van der Waals surface area contributed by atoms with E-state index in [4.69, 9.17) is 4.74 Å². The quantitative estimate of drug-likeness (QED) is 0.479. The van der Waals surface area contributed by atoms with Gasteiger partial charge in [0.1, 0.15) is 23.4 Å². The molecule has 1 aliphatic heterocycles. The molecule has 0 fully saturated rings. The molecule has 32 heavy (non-hydrogen) atoms. The SMILES string of the molecule is COC1CC=Cc2cc(C(F)(F)F)c(-c3ccc(NC(=O)c4c(F)cccc4F)cc3)n21. The Hall–Kier alpha value is -3.46. The Kier molecular flexibility index (Phi) is 5.60. The third-order valence-corrected chi connectivity index (χ3v) is 5.16. The lowest BCUT2D eigenvalue weighted by atomic mass is 10.1. The molecule has 0 bridgehead atoms. The minimum absolute atomic E-state index is 0.0678. The first-order valence-electron chi connectivity index (χ1n) is 9.58. The molecule has 166 valence electrons. The van der Waals surface area contributed by atoms with Crippen molar-refractivity contribution in [2.45, 2.75) is 18.8 Å². The summed E-state index contributed by atoms with van der Waals surface area (Å²) in [5.41, 5.74) is -0.850. The summed E-state index contributed by atoms with van der Waals surface area (Å²) in [7, 11) is 1.42. The Morgan fingerprint density at radius 1 is 1.09 bits per heavy atom. The molecule has 1 unspecified atom stereocenters. The van der Waals surface area contributed by atoms with Crippen LogP contribution in [-0.2, 0) is 10.9 Å². The molecule has 1 atom stereocenters. The number of nitrogens with one attached hydrogen (secondary N) is 1. The minimum Gasteiger partial charge on any atom is -0.361 e. The fraction of sp³-hybridized carbons (Fsp3) is 0.174. The van der Waals surface area contributed by atoms with Gasteiger partial charge in [0, 0.05) is 24.9 Å². The Morgan fingerprint density at radius 2 is 1.75 bits per heavy atom. The number of fused-ring (bicyclic) bond motifs is 1. The summed E-state index contributed by atoms with van der Waals surface area (Å²) in [6.45, 7) is 0. The summed E-state index contributed by atoms with van der Waals surface area (Å²) in [6, 6.07) is 9.64. The van der Waals surface area contributed by atoms with Crippen molar-refractivity contribution in [3.63, 3.8) is 0 Å². The van der Waals surface area contributed by atoms with Gasteiger partial charge in [-0.05, 0) is 42.0 Å². The number of anilines is 1. The largest absolute Gasteiger partial charge is 0.418 e. The summed E-state index contributed by atoms with van der Waals surface area (Å²) in [4.78, 5) is 12.3. The van der Waals surface area contributed by atoms with Crippen molar-refractivity contribution in [3.8, 4) is 11.3 Å². The van der Waals surface area contributed by atoms with Crippen molar-refractivity contribution in [1.82, 2.24) is 4.57 Å². The van der Waals surface area contributed by atoms with Crippen LogP contribution < -0.4 is 5.32 Å². The standard InChI is InChI=1S/C23H17F5N2O2/c1-32-19-7-2-4-15-12-16(23(26,27)28)21(30(15)19)13-8-10-14(11-9-13)29-22(31)20-17(24)5-3-6-18(20)25/h2-6,8-12,19H,7H2,1H3,(H,29,31). The number of alkyl halides is 3. The number of hydrogen-bond acceptors (Lipinski definition) is 2. The summed E-state index contributed by atoms with van der Waals surface area (Å²) >= 11 is 0. The van der Waals surface area contributed by atoms with E-state index < -0.39 is 41.1 Å². The number of carbonyl (C=O) groups excluding carboxylic acids is 1. The van der Waals surface area contributed by atoms with Crippen LogP contribution in [0, 0.1) is 11.6 Å². The average Bonchev–Trinajstić information content (AvgIpc) is 3.14. The smallest absolute Gasteiger partial charge is 0.361 e. The summed E-state index contributed by atoms with van der Waals surface area (Å²) < 4.78 is 75.8. The molecule has 0 aliphatic carbocycles. The summed E-state index contributed by atoms with van der Waals surface area (Å²) in [6.07, 6.45) is -1.45. The third-order valence-electron chi connectivity index (χ3n) is 5.16. The number of carbonyl (C=O) groups is 1. The van der Waals surface area contributed by atoms with Crippen LogP contribution in [0.1, 0.15) is 34.3 Å². The first kappa shape index (κ1) is 21.8. The molecule has 2 heterocycles. The Balaban J connectivity index is 1.70. The van der Waals surface area contributed by atoms with E-state index in [-0.39, 0.29) is 16.9 Å². The second-order valence-corrected chi connectivity index (χ2v) is 7.16. The van der Waals surface area contributed by atoms with Gasteiger partial charge in [-0.1, -0.05) is 24.3 Å². The topological polar surface area (TPSA) is 43.3 Å². The van der Waals surface area contributed by atoms with Crippen LogP contribution in [0.4, 0.5) is 27.6 Å². The third kappa shape index (κ3) is 3.91. The average molecular weight is 448 g/mol. The monoisotopic (exact) mass is 448 g/mol. The van der Waals surface area contributed by atoms with E-state index in [1.807, 2.05) is 0 Å². The van der Waals surface area contributed by atoms with Gasteiger partial charge in [-0.2, -0.15) is 13.2 Å². The van der Waals surface area contributed by atoms with Crippen LogP contribution in [0.2, 0.25) is 0 Å². The van der Waals surface area contributed by atoms with Crippen LogP contribution in [0.3, 0.4) is 0 Å². The van der Waals surface area contributed by atoms with E-state index in [2.05, 4.69) is 5.32 Å². The van der Waals surface area contributed by atoms with Crippen molar-refractivity contribution >= 4 is 17.7 Å². The molecule has 0 radical (unpaired) electrons. The van der Waals surface area contributed by atoms with Crippen molar-refractivity contribution in [2.24, 2.45) is 0 Å². The van der Waals surface area contributed by atoms with Crippen molar-refractivity contribution in [3.05, 3.63) is 83.1 Å². The fourth-order valence-corrected chi connectivity index (χ4v) is 3.73. The maximum absolute atomic E-state index is 13.8. The van der Waals surface area contributed by atoms with Gasteiger partial charge in [-0.25, -0.2) is 8.78 Å². The van der Waals surface area contributed by atoms with Gasteiger partial charge in [-0.15, -0.1) is 0 Å². The van der Waals surface area contributed by atoms with Gasteiger partial charge in [0.05, 0.1) is 11.3 Å². The van der Waals surface area contributed by atoms with Crippen molar-refractivity contribution in [2.75, 3.05) is 12.4 Å². The molecular formula is C23H17F5N2O2. The molecule has 9 heteroatoms. The van der Waals surface area contributed by atoms with Gasteiger partial charge >= 0.3 is 6.18 Å². The van der Waals surface area contributed by atoms with E-state index in [9.17, 15) is 26.7 Å². The highest BCUT2D eigenvalue weighted by Crippen LogP contribution is 2.43. The molecule has 4 nitrogen and oxygen atoms in total. The maximum Gasteiger partial charge on any atom is 0.418 e. The Morgan fingerprint density at radius 3 is 2.34 bits per heavy atom. The molecule has 0 saturated carbocycles. The molecule has 1 aromatic heterocycles. The first-order valence-corrected chi connectivity index (χ1v) is 9.58. The summed E-state index contributed by atoms with van der Waals surface area (Å²) in [5, 5.41) is 2.36. The number of amides is 1. The highest BCUT2D eigenvalue weighted by molar-refractivity contribution is 6.04. The van der Waals surface area contributed by atoms with E-state index in [0.717, 1.165) is 24.3 Å². The normalized spacial score (nSPS) is 15.5. The lowest BCUT2D eigenvalue weighted by Crippen LogP contribution is -2.17. The number of methoxy groups -OCH3 is 1. The highest BCUT2D eigenvalue weighted by atomic mass is 19.4. The van der Waals surface area contributed by atoms with Crippen LogP contribution >= 0.6 is 0 Å². The number of aromatic nitrogens is 1. The second-order valence-electron chi connectivity index (χ2n) is 7.16. The van der Waals surface area contributed by atoms with Gasteiger partial charge in [-0.3, -0.25) is 4.79 Å². The molecule has 0 saturated heterocycles. The maximum atomic E-state index is 13.8. The van der Waals surface area contributed by atoms with Gasteiger partial charge < -0.3 is 14.6 Å². The van der Waals surface area contributed by atoms with Gasteiger partial charge in [0.25, 0.3) is 5.91 Å². The van der Waals surface area contributed by atoms with E-state index >= 15 is 0 Å². The Bertz CT molecular complexity index is 1180. The molecule has 0 spiro atoms. The van der Waals surface area contributed by atoms with E-state index in [0.29, 0.717) is 12.1 Å². The number of nitrogens with zero attached hydrogens (tertiary/aromatic N) is 1. The number of benzene rings is 2. The number of rotatable bonds is 4. The molecule has 1 aliphatic rings. The van der Waals surface area contributed by atoms with Crippen molar-refractivity contribution in [1.29, 1.82) is 0 Å². The summed E-state index contributed by atoms with van der Waals surface area (Å²) in [5.74, 6) is -3.05. The van der Waals surface area contributed by atoms with Gasteiger partial charge in [0.15, 0.2) is 0 Å². The number of ether oxygens (including phenoxy) is 1. The molecule has 1 N–H and O–H groups in total. The zero-order valence-corrected chi connectivity index (χ0v) is 16.7. The number of hydrogen-bond donors (Lipinski definition) is 1. The van der Waals surface area contributed by atoms with E-state index in [1.165, 1.54) is 35.9 Å². The highest BCUT2D eigenvalue weighted by Gasteiger charge is 2.38. The molecule has 4 rings (SSSR count). The van der Waals surface area contributed by atoms with Crippen LogP contribution in [0.5, 0.6) is 0 Å². The molecule has 1 amide bonds. The Labute approximate surface area is 179 Å². The van der Waals surface area contributed by atoms with Gasteiger partial charge in [0.2, 0.25) is 0 Å². The van der Waals surface area contributed by atoms with Crippen LogP contribution in [-0.4, -0.2) is 17.6 Å². The fourth-order valence-electron chi connectivity index (χ4n) is 3.73. The number of halogens is 5. The molecular weight excluding hydrogens is 431 g/mol. The zero-order valence-electron chi connectivity index (χ0n) is 16.7. The molecule has 3 aromatic rings. The lowest BCUT2D eigenvalue weighted by molar-refractivity contribution is -0.137. The minimum atomic E-state index is -4.60.